The van der Waals surface area contributed by atoms with E-state index in [9.17, 15) is 28.0 Å². The van der Waals surface area contributed by atoms with Crippen LogP contribution in [0.3, 0.4) is 0 Å². The lowest BCUT2D eigenvalue weighted by atomic mass is 10.1. The number of alkyl halides is 3. The van der Waals surface area contributed by atoms with Gasteiger partial charge in [0.1, 0.15) is 11.6 Å². The number of nitrogens with one attached hydrogen (secondary N) is 2. The number of nitriles is 1. The van der Waals surface area contributed by atoms with Crippen LogP contribution < -0.4 is 20.1 Å². The molecule has 0 heterocycles. The Kier molecular flexibility index (Phi) is 9.98. The second-order valence-electron chi connectivity index (χ2n) is 7.81. The molecule has 12 heteroatoms. The Bertz CT molecular complexity index is 1440. The molecule has 3 aromatic rings. The maximum absolute atomic E-state index is 13.0. The van der Waals surface area contributed by atoms with E-state index in [1.165, 1.54) is 24.3 Å². The predicted octanol–water partition coefficient (Wildman–Crippen LogP) is 7.08. The molecule has 0 saturated heterocycles. The summed E-state index contributed by atoms with van der Waals surface area (Å²) in [5, 5.41) is 15.0. The lowest BCUT2D eigenvalue weighted by Crippen LogP contribution is -2.20. The number of hydrogen-bond acceptors (Lipinski definition) is 5. The average Bonchev–Trinajstić information content (AvgIpc) is 2.88. The van der Waals surface area contributed by atoms with E-state index >= 15 is 0 Å². The van der Waals surface area contributed by atoms with Gasteiger partial charge in [-0.3, -0.25) is 9.59 Å². The van der Waals surface area contributed by atoms with Gasteiger partial charge in [0.2, 0.25) is 0 Å². The molecule has 0 bridgehead atoms. The third-order valence-electron chi connectivity index (χ3n) is 4.93. The maximum atomic E-state index is 13.0. The number of benzene rings is 3. The summed E-state index contributed by atoms with van der Waals surface area (Å²) in [6.07, 6.45) is -3.34. The van der Waals surface area contributed by atoms with Crippen molar-refractivity contribution >= 4 is 56.8 Å². The molecule has 0 atom stereocenters. The quantitative estimate of drug-likeness (QED) is 0.196. The van der Waals surface area contributed by atoms with Crippen molar-refractivity contribution < 1.29 is 32.2 Å². The van der Waals surface area contributed by atoms with Gasteiger partial charge < -0.3 is 20.1 Å². The Labute approximate surface area is 235 Å². The first-order valence-corrected chi connectivity index (χ1v) is 12.4. The molecule has 0 spiro atoms. The SMILES string of the molecule is CCOc1cc(/C=C(\C#N)C(=O)Nc2cccc(C(F)(F)F)c2)cc(Br)c1OCC(=O)Nc1ccc(Cl)cc1. The Morgan fingerprint density at radius 2 is 1.77 bits per heavy atom. The molecule has 0 aliphatic carbocycles. The fourth-order valence-electron chi connectivity index (χ4n) is 3.23. The standard InChI is InChI=1S/C27H20BrClF3N3O4/c1-2-38-23-12-16(10-17(14-33)26(37)35-21-5-3-4-18(13-21)27(30,31)32)11-22(28)25(23)39-15-24(36)34-20-8-6-19(29)7-9-20/h3-13H,2,15H2,1H3,(H,34,36)(H,35,37)/b17-10+. The Morgan fingerprint density at radius 3 is 2.41 bits per heavy atom. The molecule has 0 aliphatic heterocycles. The molecule has 0 aromatic heterocycles. The Hall–Kier alpha value is -4.01. The minimum absolute atomic E-state index is 0.118. The van der Waals surface area contributed by atoms with E-state index in [0.29, 0.717) is 20.7 Å². The van der Waals surface area contributed by atoms with Crippen LogP contribution in [0.15, 0.2) is 70.7 Å². The summed E-state index contributed by atoms with van der Waals surface area (Å²) in [6.45, 7) is 1.63. The van der Waals surface area contributed by atoms with E-state index in [-0.39, 0.29) is 36.0 Å². The highest BCUT2D eigenvalue weighted by Gasteiger charge is 2.30. The van der Waals surface area contributed by atoms with E-state index in [0.717, 1.165) is 18.2 Å². The van der Waals surface area contributed by atoms with Crippen LogP contribution in [0, 0.1) is 11.3 Å². The molecule has 2 N–H and O–H groups in total. The molecular weight excluding hydrogens is 603 g/mol. The van der Waals surface area contributed by atoms with Gasteiger partial charge in [0.05, 0.1) is 16.6 Å². The highest BCUT2D eigenvalue weighted by Crippen LogP contribution is 2.38. The van der Waals surface area contributed by atoms with E-state index in [1.54, 1.807) is 37.3 Å². The number of amides is 2. The van der Waals surface area contributed by atoms with Crippen molar-refractivity contribution in [1.82, 2.24) is 0 Å². The maximum Gasteiger partial charge on any atom is 0.416 e. The van der Waals surface area contributed by atoms with Crippen LogP contribution in [-0.2, 0) is 15.8 Å². The number of anilines is 2. The number of nitrogens with zero attached hydrogens (tertiary/aromatic N) is 1. The second kappa shape index (κ2) is 13.2. The van der Waals surface area contributed by atoms with Gasteiger partial charge in [0.25, 0.3) is 11.8 Å². The first kappa shape index (κ1) is 29.5. The monoisotopic (exact) mass is 621 g/mol. The van der Waals surface area contributed by atoms with Crippen molar-refractivity contribution in [2.45, 2.75) is 13.1 Å². The average molecular weight is 623 g/mol. The van der Waals surface area contributed by atoms with Crippen LogP contribution in [0.4, 0.5) is 24.5 Å². The van der Waals surface area contributed by atoms with Gasteiger partial charge in [-0.15, -0.1) is 0 Å². The zero-order chi connectivity index (χ0) is 28.6. The van der Waals surface area contributed by atoms with Crippen molar-refractivity contribution in [3.8, 4) is 17.6 Å². The van der Waals surface area contributed by atoms with E-state index < -0.39 is 23.6 Å². The summed E-state index contributed by atoms with van der Waals surface area (Å²) in [4.78, 5) is 24.9. The molecule has 39 heavy (non-hydrogen) atoms. The van der Waals surface area contributed by atoms with Crippen molar-refractivity contribution in [2.24, 2.45) is 0 Å². The van der Waals surface area contributed by atoms with Crippen molar-refractivity contribution in [2.75, 3.05) is 23.8 Å². The zero-order valence-corrected chi connectivity index (χ0v) is 22.6. The number of halogens is 5. The van der Waals surface area contributed by atoms with Gasteiger partial charge in [0, 0.05) is 16.4 Å². The summed E-state index contributed by atoms with van der Waals surface area (Å²) in [5.74, 6) is -0.890. The first-order chi connectivity index (χ1) is 18.5. The first-order valence-electron chi connectivity index (χ1n) is 11.2. The molecule has 202 valence electrons. The second-order valence-corrected chi connectivity index (χ2v) is 9.10. The van der Waals surface area contributed by atoms with Crippen LogP contribution in [0.25, 0.3) is 6.08 Å². The molecule has 3 rings (SSSR count). The fraction of sp³-hybridized carbons (Fsp3) is 0.148. The molecule has 0 unspecified atom stereocenters. The number of carbonyl (C=O) groups is 2. The van der Waals surface area contributed by atoms with Crippen LogP contribution in [-0.4, -0.2) is 25.0 Å². The molecule has 0 radical (unpaired) electrons. The number of carbonyl (C=O) groups excluding carboxylic acids is 2. The van der Waals surface area contributed by atoms with Crippen LogP contribution in [0.5, 0.6) is 11.5 Å². The smallest absolute Gasteiger partial charge is 0.416 e. The largest absolute Gasteiger partial charge is 0.490 e. The van der Waals surface area contributed by atoms with E-state index in [1.807, 2.05) is 0 Å². The van der Waals surface area contributed by atoms with Gasteiger partial charge in [-0.1, -0.05) is 17.7 Å². The number of ether oxygens (including phenoxy) is 2. The minimum atomic E-state index is -4.59. The fourth-order valence-corrected chi connectivity index (χ4v) is 3.93. The van der Waals surface area contributed by atoms with E-state index in [2.05, 4.69) is 26.6 Å². The van der Waals surface area contributed by atoms with Crippen molar-refractivity contribution in [1.29, 1.82) is 5.26 Å². The van der Waals surface area contributed by atoms with E-state index in [4.69, 9.17) is 21.1 Å². The number of rotatable bonds is 9. The minimum Gasteiger partial charge on any atom is -0.490 e. The van der Waals surface area contributed by atoms with Gasteiger partial charge >= 0.3 is 6.18 Å². The third-order valence-corrected chi connectivity index (χ3v) is 5.77. The summed E-state index contributed by atoms with van der Waals surface area (Å²) in [5.41, 5.74) is -0.528. The van der Waals surface area contributed by atoms with Crippen LogP contribution in [0.2, 0.25) is 5.02 Å². The predicted molar refractivity (Wildman–Crippen MR) is 145 cm³/mol. The highest BCUT2D eigenvalue weighted by atomic mass is 79.9. The molecule has 0 saturated carbocycles. The summed E-state index contributed by atoms with van der Waals surface area (Å²) in [6, 6.07) is 15.4. The highest BCUT2D eigenvalue weighted by molar-refractivity contribution is 9.10. The topological polar surface area (TPSA) is 100 Å². The molecule has 7 nitrogen and oxygen atoms in total. The Morgan fingerprint density at radius 1 is 1.05 bits per heavy atom. The van der Waals surface area contributed by atoms with Crippen LogP contribution in [0.1, 0.15) is 18.1 Å². The molecule has 2 amide bonds. The zero-order valence-electron chi connectivity index (χ0n) is 20.2. The van der Waals surface area contributed by atoms with Crippen molar-refractivity contribution in [3.63, 3.8) is 0 Å². The third kappa shape index (κ3) is 8.49. The number of hydrogen-bond donors (Lipinski definition) is 2. The van der Waals surface area contributed by atoms with Gasteiger partial charge in [-0.25, -0.2) is 0 Å². The molecule has 0 aliphatic rings. The molecular formula is C27H20BrClF3N3O4. The van der Waals surface area contributed by atoms with Crippen LogP contribution >= 0.6 is 27.5 Å². The van der Waals surface area contributed by atoms with Gasteiger partial charge in [0.15, 0.2) is 18.1 Å². The summed E-state index contributed by atoms with van der Waals surface area (Å²) < 4.78 is 50.6. The normalized spacial score (nSPS) is 11.4. The molecule has 0 fully saturated rings. The molecule has 3 aromatic carbocycles. The van der Waals surface area contributed by atoms with Crippen molar-refractivity contribution in [3.05, 3.63) is 86.9 Å². The summed E-state index contributed by atoms with van der Waals surface area (Å²) >= 11 is 9.20. The van der Waals surface area contributed by atoms with Gasteiger partial charge in [-0.05, 0) is 89.1 Å². The summed E-state index contributed by atoms with van der Waals surface area (Å²) in [7, 11) is 0. The Balaban J connectivity index is 1.77. The van der Waals surface area contributed by atoms with Gasteiger partial charge in [-0.2, -0.15) is 18.4 Å². The lowest BCUT2D eigenvalue weighted by molar-refractivity contribution is -0.137. The lowest BCUT2D eigenvalue weighted by Gasteiger charge is -2.15.